The van der Waals surface area contributed by atoms with Crippen molar-refractivity contribution < 1.29 is 9.81 Å². The molecule has 0 spiro atoms. The molecule has 1 atom stereocenters. The average molecular weight is 91.8 g/mol. The summed E-state index contributed by atoms with van der Waals surface area (Å²) in [5, 5.41) is 7.94. The fourth-order valence-corrected chi connectivity index (χ4v) is 0.100. The average Bonchev–Trinajstić information content (AvgIpc) is 1.65. The van der Waals surface area contributed by atoms with E-state index in [2.05, 4.69) is 0 Å². The van der Waals surface area contributed by atoms with Gasteiger partial charge in [-0.05, 0) is 0 Å². The van der Waals surface area contributed by atoms with Crippen LogP contribution < -0.4 is 0 Å². The Labute approximate surface area is 33.9 Å². The van der Waals surface area contributed by atoms with Gasteiger partial charge in [-0.2, -0.15) is 0 Å². The summed E-state index contributed by atoms with van der Waals surface area (Å²) in [5.74, 6) is 0. The number of aliphatic hydroxyl groups is 1. The van der Waals surface area contributed by atoms with Gasteiger partial charge in [0.25, 0.3) is 0 Å². The van der Waals surface area contributed by atoms with Crippen molar-refractivity contribution in [2.45, 2.75) is 0 Å². The molecule has 0 fully saturated rings. The molecule has 0 aliphatic heterocycles. The van der Waals surface area contributed by atoms with E-state index in [4.69, 9.17) is 6.39 Å². The Bertz CT molecular complexity index is 50.8. The summed E-state index contributed by atoms with van der Waals surface area (Å²) >= 11 is 0. The Kier molecular flexibility index (Phi) is 2.93. The molecule has 0 heterocycles. The molecule has 5 heavy (non-hydrogen) atoms. The van der Waals surface area contributed by atoms with E-state index in [0.29, 0.717) is 6.87 Å². The molecule has 0 saturated heterocycles. The van der Waals surface area contributed by atoms with Crippen LogP contribution in [-0.2, 0) is 4.70 Å². The molecular weight excluding hydrogens is 85.8 g/mol. The third-order valence-electron chi connectivity index (χ3n) is 0.156. The van der Waals surface area contributed by atoms with Gasteiger partial charge in [0, 0.05) is 0 Å². The molecular formula is CH4BO2P. The van der Waals surface area contributed by atoms with E-state index in [9.17, 15) is 4.70 Å². The van der Waals surface area contributed by atoms with Crippen LogP contribution in [0.3, 0.4) is 0 Å². The van der Waals surface area contributed by atoms with Gasteiger partial charge in [-0.15, -0.1) is 0 Å². The minimum absolute atomic E-state index is 0.307. The molecule has 0 rings (SSSR count). The Hall–Kier alpha value is 0.255. The first-order chi connectivity index (χ1) is 2.81. The number of hydrogen-bond donors (Lipinski definition) is 1. The van der Waals surface area contributed by atoms with Gasteiger partial charge in [0.15, 0.2) is 0 Å². The third kappa shape index (κ3) is 4.25. The molecule has 0 amide bonds. The first kappa shape index (κ1) is 3.45. The Balaban J connectivity index is 2.96. The zero-order valence-corrected chi connectivity index (χ0v) is 3.48. The molecule has 0 aliphatic carbocycles. The SMILES string of the molecule is [3H]P(B=O)CO. The van der Waals surface area contributed by atoms with Gasteiger partial charge in [-0.1, -0.05) is 0 Å². The summed E-state index contributed by atoms with van der Waals surface area (Å²) in [6.45, 7) is 0.454. The van der Waals surface area contributed by atoms with E-state index in [1.807, 2.05) is 0 Å². The molecule has 28 valence electrons. The van der Waals surface area contributed by atoms with E-state index in [0.717, 1.165) is 0 Å². The first-order valence-electron chi connectivity index (χ1n) is 1.57. The van der Waals surface area contributed by atoms with Gasteiger partial charge in [0.05, 0.1) is 0 Å². The van der Waals surface area contributed by atoms with Gasteiger partial charge in [0.2, 0.25) is 0 Å². The predicted molar refractivity (Wildman–Crippen MR) is 21.8 cm³/mol. The van der Waals surface area contributed by atoms with Crippen LogP contribution in [-0.4, -0.2) is 19.6 Å². The van der Waals surface area contributed by atoms with Crippen molar-refractivity contribution >= 4 is 15.3 Å². The maximum atomic E-state index is 9.42. The topological polar surface area (TPSA) is 37.3 Å². The van der Waals surface area contributed by atoms with E-state index in [1.54, 1.807) is 0 Å². The molecule has 0 aromatic rings. The van der Waals surface area contributed by atoms with Crippen molar-refractivity contribution in [1.82, 2.24) is 0 Å². The second-order valence-corrected chi connectivity index (χ2v) is 1.29. The summed E-state index contributed by atoms with van der Waals surface area (Å²) in [4.78, 5) is 0. The van der Waals surface area contributed by atoms with Crippen LogP contribution >= 0.6 is 8.40 Å². The Morgan fingerprint density at radius 3 is 3.00 bits per heavy atom. The molecule has 1 unspecified atom stereocenters. The van der Waals surface area contributed by atoms with Crippen LogP contribution in [0.15, 0.2) is 0 Å². The molecule has 0 aromatic heterocycles. The third-order valence-corrected chi connectivity index (χ3v) is 0.469. The van der Waals surface area contributed by atoms with Crippen LogP contribution in [0.1, 0.15) is 0 Å². The minimum atomic E-state index is -1.45. The van der Waals surface area contributed by atoms with Gasteiger partial charge in [0.1, 0.15) is 0 Å². The summed E-state index contributed by atoms with van der Waals surface area (Å²) in [6.07, 6.45) is -0.307. The van der Waals surface area contributed by atoms with Crippen molar-refractivity contribution in [1.29, 1.82) is 1.28 Å². The van der Waals surface area contributed by atoms with Crippen molar-refractivity contribution in [3.63, 3.8) is 0 Å². The standard InChI is InChI=1S/CH4BO2P/c3-1-5-2-4/h3,5H,1H2/i5T. The second kappa shape index (κ2) is 4.25. The van der Waals surface area contributed by atoms with Gasteiger partial charge in [-0.3, -0.25) is 0 Å². The van der Waals surface area contributed by atoms with Gasteiger partial charge >= 0.3 is 32.7 Å². The first-order valence-corrected chi connectivity index (χ1v) is 2.28. The normalized spacial score (nSPS) is 15.8. The molecule has 0 radical (unpaired) electrons. The van der Waals surface area contributed by atoms with Crippen LogP contribution in [0.25, 0.3) is 0 Å². The molecule has 1 N–H and O–H groups in total. The summed E-state index contributed by atoms with van der Waals surface area (Å²) < 4.78 is 15.9. The van der Waals surface area contributed by atoms with E-state index in [1.165, 1.54) is 0 Å². The van der Waals surface area contributed by atoms with E-state index < -0.39 is 8.40 Å². The van der Waals surface area contributed by atoms with Crippen LogP contribution in [0.4, 0.5) is 0 Å². The number of rotatable bonds is 2. The predicted octanol–water partition coefficient (Wildman–Crippen LogP) is -0.421. The zero-order chi connectivity index (χ0) is 4.99. The van der Waals surface area contributed by atoms with Crippen molar-refractivity contribution in [3.05, 3.63) is 0 Å². The van der Waals surface area contributed by atoms with Crippen LogP contribution in [0.2, 0.25) is 0 Å². The monoisotopic (exact) mass is 92.0 g/mol. The fraction of sp³-hybridized carbons (Fsp3) is 1.00. The number of hydrogen-bond acceptors (Lipinski definition) is 2. The van der Waals surface area contributed by atoms with Gasteiger partial charge < -0.3 is 0 Å². The van der Waals surface area contributed by atoms with Crippen molar-refractivity contribution in [2.75, 3.05) is 6.35 Å². The Morgan fingerprint density at radius 1 is 2.40 bits per heavy atom. The second-order valence-electron chi connectivity index (χ2n) is 0.429. The molecule has 2 nitrogen and oxygen atoms in total. The summed E-state index contributed by atoms with van der Waals surface area (Å²) in [7, 11) is -1.45. The summed E-state index contributed by atoms with van der Waals surface area (Å²) in [5.41, 5.74) is 0. The molecule has 0 aromatic carbocycles. The quantitative estimate of drug-likeness (QED) is 0.371. The van der Waals surface area contributed by atoms with E-state index in [-0.39, 0.29) is 6.35 Å². The molecule has 0 aliphatic rings. The van der Waals surface area contributed by atoms with Crippen LogP contribution in [0.5, 0.6) is 0 Å². The fourth-order valence-electron chi connectivity index (χ4n) is 0.0333. The maximum absolute atomic E-state index is 9.42. The zero-order valence-electron chi connectivity index (χ0n) is 3.59. The molecule has 4 heteroatoms. The Morgan fingerprint density at radius 2 is 3.00 bits per heavy atom. The number of aliphatic hydroxyl groups excluding tert-OH is 1. The van der Waals surface area contributed by atoms with Gasteiger partial charge in [-0.25, -0.2) is 0 Å². The van der Waals surface area contributed by atoms with Crippen molar-refractivity contribution in [3.8, 4) is 0 Å². The van der Waals surface area contributed by atoms with Crippen LogP contribution in [0, 0.1) is 0 Å². The summed E-state index contributed by atoms with van der Waals surface area (Å²) in [6, 6.07) is 0. The molecule has 0 saturated carbocycles. The van der Waals surface area contributed by atoms with Crippen molar-refractivity contribution in [2.24, 2.45) is 0 Å². The van der Waals surface area contributed by atoms with E-state index >= 15 is 0 Å². The molecule has 0 bridgehead atoms.